The van der Waals surface area contributed by atoms with Crippen molar-refractivity contribution in [3.05, 3.63) is 179 Å². The fraction of sp³-hybridized carbons (Fsp3) is 0.396. The molecular weight excluding hydrogens is 695 g/mol. The Morgan fingerprint density at radius 3 is 2.42 bits per heavy atom. The van der Waals surface area contributed by atoms with E-state index in [1.54, 1.807) is 0 Å². The van der Waals surface area contributed by atoms with Crippen LogP contribution < -0.4 is 5.32 Å². The van der Waals surface area contributed by atoms with Crippen LogP contribution in [0.3, 0.4) is 0 Å². The lowest BCUT2D eigenvalue weighted by Crippen LogP contribution is -2.37. The highest BCUT2D eigenvalue weighted by atomic mass is 16.5. The maximum Gasteiger partial charge on any atom is 0.131 e. The van der Waals surface area contributed by atoms with Crippen LogP contribution in [0.25, 0.3) is 0 Å². The molecule has 0 saturated heterocycles. The van der Waals surface area contributed by atoms with E-state index in [2.05, 4.69) is 139 Å². The molecular formula is C53H57N3O. The van der Waals surface area contributed by atoms with Crippen LogP contribution in [0.4, 0.5) is 0 Å². The van der Waals surface area contributed by atoms with E-state index in [1.807, 2.05) is 0 Å². The van der Waals surface area contributed by atoms with E-state index in [0.29, 0.717) is 29.7 Å². The Labute approximate surface area is 340 Å². The van der Waals surface area contributed by atoms with Crippen molar-refractivity contribution in [2.24, 2.45) is 39.6 Å². The van der Waals surface area contributed by atoms with Crippen LogP contribution >= 0.6 is 0 Å². The maximum atomic E-state index is 6.38. The molecule has 10 rings (SSSR count). The van der Waals surface area contributed by atoms with Gasteiger partial charge in [-0.2, -0.15) is 0 Å². The van der Waals surface area contributed by atoms with Gasteiger partial charge in [0, 0.05) is 41.0 Å². The Balaban J connectivity index is 0.950. The summed E-state index contributed by atoms with van der Waals surface area (Å²) in [5.41, 5.74) is 11.2. The SMILES string of the molecule is C1=CCC(C2=CCC(C3=N/C(C4=CC5C6=C(C=CCC6)OC5C=C4)CCC/C(C4=CC=CC(C5=C(C6=CCCCC6)NC(C6C=CC=CC6)C=C5)C4)=N\3)C=C2)C=C1. The zero-order valence-corrected chi connectivity index (χ0v) is 33.3. The topological polar surface area (TPSA) is 46.0 Å². The standard InChI is InChI=1S/C53H57N3O/c1-4-14-36(15-5-1)37-26-28-40(29-27-37)53-55-47(23-13-24-48(56-53)43-30-33-51-46(35-43)45-22-10-11-25-50(45)57-51)42-21-12-20-41(34-42)44-31-32-49(38-16-6-2-7-17-38)54-52(44)39-18-8-3-9-19-39/h1-2,4-7,11-12,14,16,18,20-21,25-28,30-33,35-36,38,40-41,46,48-49,51,54H,3,8-10,13,15,17,19,22-24,29,34H2/b55-47+,56-53-. The minimum absolute atomic E-state index is 0.0989. The first kappa shape index (κ1) is 36.4. The molecule has 8 unspecified atom stereocenters. The third-order valence-corrected chi connectivity index (χ3v) is 13.7. The molecule has 4 heteroatoms. The van der Waals surface area contributed by atoms with Gasteiger partial charge in [0.05, 0.1) is 12.1 Å². The smallest absolute Gasteiger partial charge is 0.131 e. The molecule has 0 spiro atoms. The molecule has 57 heavy (non-hydrogen) atoms. The largest absolute Gasteiger partial charge is 0.485 e. The van der Waals surface area contributed by atoms with Gasteiger partial charge in [-0.3, -0.25) is 4.99 Å². The van der Waals surface area contributed by atoms with E-state index in [-0.39, 0.29) is 18.1 Å². The molecule has 0 radical (unpaired) electrons. The molecule has 0 saturated carbocycles. The summed E-state index contributed by atoms with van der Waals surface area (Å²) in [6.07, 6.45) is 65.7. The van der Waals surface area contributed by atoms with E-state index in [0.717, 1.165) is 75.8 Å². The molecule has 0 fully saturated rings. The monoisotopic (exact) mass is 751 g/mol. The van der Waals surface area contributed by atoms with E-state index in [9.17, 15) is 0 Å². The molecule has 0 aromatic rings. The summed E-state index contributed by atoms with van der Waals surface area (Å²) < 4.78 is 6.38. The van der Waals surface area contributed by atoms with E-state index < -0.39 is 0 Å². The zero-order chi connectivity index (χ0) is 38.0. The van der Waals surface area contributed by atoms with Gasteiger partial charge in [-0.05, 0) is 129 Å². The second-order valence-electron chi connectivity index (χ2n) is 17.4. The molecule has 7 aliphatic carbocycles. The van der Waals surface area contributed by atoms with Gasteiger partial charge in [0.2, 0.25) is 0 Å². The highest BCUT2D eigenvalue weighted by molar-refractivity contribution is 6.08. The van der Waals surface area contributed by atoms with Crippen LogP contribution in [0, 0.1) is 29.6 Å². The number of ether oxygens (including phenoxy) is 1. The number of rotatable bonds is 7. The predicted molar refractivity (Wildman–Crippen MR) is 237 cm³/mol. The summed E-state index contributed by atoms with van der Waals surface area (Å²) in [7, 11) is 0. The van der Waals surface area contributed by atoms with Crippen LogP contribution in [-0.4, -0.2) is 29.7 Å². The van der Waals surface area contributed by atoms with Crippen molar-refractivity contribution in [3.8, 4) is 0 Å². The van der Waals surface area contributed by atoms with Crippen LogP contribution in [0.5, 0.6) is 0 Å². The summed E-state index contributed by atoms with van der Waals surface area (Å²) in [5, 5.41) is 4.09. The number of amidine groups is 1. The molecule has 10 aliphatic rings. The second-order valence-corrected chi connectivity index (χ2v) is 17.4. The summed E-state index contributed by atoms with van der Waals surface area (Å²) in [6.45, 7) is 0. The highest BCUT2D eigenvalue weighted by Crippen LogP contribution is 2.43. The fourth-order valence-corrected chi connectivity index (χ4v) is 10.5. The Kier molecular flexibility index (Phi) is 10.5. The number of nitrogens with one attached hydrogen (secondary N) is 1. The molecule has 0 amide bonds. The number of hydrogen-bond donors (Lipinski definition) is 1. The fourth-order valence-electron chi connectivity index (χ4n) is 10.5. The summed E-state index contributed by atoms with van der Waals surface area (Å²) in [4.78, 5) is 11.3. The minimum atomic E-state index is 0.0989. The quantitative estimate of drug-likeness (QED) is 0.282. The van der Waals surface area contributed by atoms with Gasteiger partial charge in [-0.1, -0.05) is 122 Å². The van der Waals surface area contributed by atoms with Gasteiger partial charge in [-0.25, -0.2) is 4.99 Å². The molecule has 8 atom stereocenters. The first-order valence-electron chi connectivity index (χ1n) is 22.2. The minimum Gasteiger partial charge on any atom is -0.485 e. The Hall–Kier alpha value is -4.96. The van der Waals surface area contributed by atoms with Gasteiger partial charge in [-0.15, -0.1) is 0 Å². The van der Waals surface area contributed by atoms with Gasteiger partial charge in [0.15, 0.2) is 0 Å². The third-order valence-electron chi connectivity index (χ3n) is 13.7. The number of aliphatic imine (C=N–C) groups is 2. The lowest BCUT2D eigenvalue weighted by atomic mass is 9.79. The van der Waals surface area contributed by atoms with Crippen molar-refractivity contribution in [3.63, 3.8) is 0 Å². The average molecular weight is 752 g/mol. The lowest BCUT2D eigenvalue weighted by molar-refractivity contribution is 0.173. The number of dihydropyridines is 1. The molecule has 3 aliphatic heterocycles. The zero-order valence-electron chi connectivity index (χ0n) is 33.3. The normalized spacial score (nSPS) is 36.1. The molecule has 4 nitrogen and oxygen atoms in total. The summed E-state index contributed by atoms with van der Waals surface area (Å²) in [5.74, 6) is 3.82. The van der Waals surface area contributed by atoms with Crippen LogP contribution in [0.1, 0.15) is 83.5 Å². The molecule has 0 aromatic carbocycles. The first-order valence-corrected chi connectivity index (χ1v) is 22.2. The van der Waals surface area contributed by atoms with Crippen molar-refractivity contribution in [1.82, 2.24) is 5.32 Å². The van der Waals surface area contributed by atoms with Gasteiger partial charge < -0.3 is 10.1 Å². The van der Waals surface area contributed by atoms with Gasteiger partial charge >= 0.3 is 0 Å². The van der Waals surface area contributed by atoms with Crippen LogP contribution in [-0.2, 0) is 4.74 Å². The Morgan fingerprint density at radius 1 is 0.667 bits per heavy atom. The third kappa shape index (κ3) is 7.73. The second kappa shape index (κ2) is 16.5. The highest BCUT2D eigenvalue weighted by Gasteiger charge is 2.37. The van der Waals surface area contributed by atoms with E-state index in [4.69, 9.17) is 14.7 Å². The van der Waals surface area contributed by atoms with Crippen molar-refractivity contribution in [2.75, 3.05) is 0 Å². The maximum absolute atomic E-state index is 6.38. The van der Waals surface area contributed by atoms with Crippen LogP contribution in [0.15, 0.2) is 189 Å². The first-order chi connectivity index (χ1) is 28.2. The number of hydrogen-bond acceptors (Lipinski definition) is 4. The number of fused-ring (bicyclic) bond motifs is 2. The molecule has 0 aromatic heterocycles. The lowest BCUT2D eigenvalue weighted by Gasteiger charge is -2.34. The van der Waals surface area contributed by atoms with Gasteiger partial charge in [0.1, 0.15) is 17.7 Å². The Morgan fingerprint density at radius 2 is 1.58 bits per heavy atom. The number of allylic oxidation sites excluding steroid dienone is 20. The van der Waals surface area contributed by atoms with E-state index >= 15 is 0 Å². The van der Waals surface area contributed by atoms with Gasteiger partial charge in [0.25, 0.3) is 0 Å². The number of nitrogens with zero attached hydrogens (tertiary/aromatic N) is 2. The molecule has 1 N–H and O–H groups in total. The van der Waals surface area contributed by atoms with Crippen molar-refractivity contribution in [2.45, 2.75) is 102 Å². The predicted octanol–water partition coefficient (Wildman–Crippen LogP) is 12.0. The van der Waals surface area contributed by atoms with Crippen molar-refractivity contribution in [1.29, 1.82) is 0 Å². The average Bonchev–Trinajstić information content (AvgIpc) is 3.65. The Bertz CT molecular complexity index is 2170. The molecule has 3 heterocycles. The summed E-state index contributed by atoms with van der Waals surface area (Å²) in [6, 6.07) is 0.419. The van der Waals surface area contributed by atoms with Crippen LogP contribution in [0.2, 0.25) is 0 Å². The molecule has 0 bridgehead atoms. The van der Waals surface area contributed by atoms with Crippen molar-refractivity contribution < 1.29 is 4.74 Å². The molecule has 290 valence electrons. The summed E-state index contributed by atoms with van der Waals surface area (Å²) >= 11 is 0. The van der Waals surface area contributed by atoms with Crippen molar-refractivity contribution >= 4 is 11.5 Å². The van der Waals surface area contributed by atoms with E-state index in [1.165, 1.54) is 64.1 Å².